The van der Waals surface area contributed by atoms with Gasteiger partial charge in [-0.2, -0.15) is 0 Å². The summed E-state index contributed by atoms with van der Waals surface area (Å²) in [4.78, 5) is 15.6. The van der Waals surface area contributed by atoms with Crippen molar-refractivity contribution in [3.63, 3.8) is 0 Å². The van der Waals surface area contributed by atoms with Crippen LogP contribution >= 0.6 is 0 Å². The molecule has 1 unspecified atom stereocenters. The van der Waals surface area contributed by atoms with Crippen molar-refractivity contribution in [3.05, 3.63) is 0 Å². The molecule has 1 rings (SSSR count). The number of carbonyl (C=O) groups excluding carboxylic acids is 1. The number of esters is 1. The highest BCUT2D eigenvalue weighted by Crippen LogP contribution is 2.04. The van der Waals surface area contributed by atoms with Gasteiger partial charge in [0, 0.05) is 13.0 Å². The fourth-order valence-corrected chi connectivity index (χ4v) is 1.39. The second-order valence-electron chi connectivity index (χ2n) is 3.40. The van der Waals surface area contributed by atoms with E-state index in [2.05, 4.69) is 10.3 Å². The molecule has 1 aliphatic rings. The van der Waals surface area contributed by atoms with Gasteiger partial charge in [0.1, 0.15) is 6.04 Å². The molecule has 0 bridgehead atoms. The predicted molar refractivity (Wildman–Crippen MR) is 55.4 cm³/mol. The lowest BCUT2D eigenvalue weighted by Crippen LogP contribution is -2.40. The van der Waals surface area contributed by atoms with E-state index in [1.54, 1.807) is 6.92 Å². The van der Waals surface area contributed by atoms with Gasteiger partial charge in [-0.1, -0.05) is 0 Å². The van der Waals surface area contributed by atoms with Crippen LogP contribution in [0, 0.1) is 0 Å². The van der Waals surface area contributed by atoms with Crippen molar-refractivity contribution < 1.29 is 9.53 Å². The molecule has 14 heavy (non-hydrogen) atoms. The molecule has 0 spiro atoms. The predicted octanol–water partition coefficient (Wildman–Crippen LogP) is 1.11. The first-order chi connectivity index (χ1) is 6.74. The normalized spacial score (nSPS) is 18.3. The molecule has 0 aromatic rings. The first-order valence-electron chi connectivity index (χ1n) is 5.20. The molecular formula is C10H18N2O2. The number of ether oxygens (including phenoxy) is 1. The summed E-state index contributed by atoms with van der Waals surface area (Å²) < 4.78 is 4.89. The Morgan fingerprint density at radius 1 is 1.64 bits per heavy atom. The van der Waals surface area contributed by atoms with Gasteiger partial charge in [-0.25, -0.2) is 4.79 Å². The molecule has 0 amide bonds. The zero-order chi connectivity index (χ0) is 10.4. The minimum absolute atomic E-state index is 0.208. The second kappa shape index (κ2) is 5.62. The van der Waals surface area contributed by atoms with Crippen molar-refractivity contribution in [1.82, 2.24) is 5.32 Å². The van der Waals surface area contributed by atoms with Gasteiger partial charge in [0.15, 0.2) is 0 Å². The van der Waals surface area contributed by atoms with Crippen LogP contribution in [-0.2, 0) is 9.53 Å². The van der Waals surface area contributed by atoms with Gasteiger partial charge in [-0.15, -0.1) is 0 Å². The van der Waals surface area contributed by atoms with E-state index in [0.29, 0.717) is 6.61 Å². The molecule has 4 nitrogen and oxygen atoms in total. The van der Waals surface area contributed by atoms with E-state index in [1.807, 2.05) is 6.92 Å². The largest absolute Gasteiger partial charge is 0.464 e. The lowest BCUT2D eigenvalue weighted by Gasteiger charge is -2.18. The lowest BCUT2D eigenvalue weighted by molar-refractivity contribution is -0.144. The number of hydrogen-bond acceptors (Lipinski definition) is 4. The monoisotopic (exact) mass is 198 g/mol. The highest BCUT2D eigenvalue weighted by Gasteiger charge is 2.15. The molecule has 0 saturated carbocycles. The van der Waals surface area contributed by atoms with E-state index in [-0.39, 0.29) is 12.0 Å². The van der Waals surface area contributed by atoms with E-state index in [4.69, 9.17) is 4.74 Å². The molecule has 4 heteroatoms. The third-order valence-electron chi connectivity index (χ3n) is 2.15. The van der Waals surface area contributed by atoms with E-state index in [9.17, 15) is 4.79 Å². The number of aliphatic imine (C=N–C) groups is 1. The van der Waals surface area contributed by atoms with Gasteiger partial charge in [0.05, 0.1) is 12.4 Å². The second-order valence-corrected chi connectivity index (χ2v) is 3.40. The molecule has 0 saturated heterocycles. The van der Waals surface area contributed by atoms with Crippen molar-refractivity contribution in [2.45, 2.75) is 39.2 Å². The molecule has 0 aromatic carbocycles. The molecule has 1 atom stereocenters. The molecular weight excluding hydrogens is 180 g/mol. The fraction of sp³-hybridized carbons (Fsp3) is 0.800. The van der Waals surface area contributed by atoms with Crippen molar-refractivity contribution in [2.75, 3.05) is 13.2 Å². The van der Waals surface area contributed by atoms with Crippen molar-refractivity contribution in [3.8, 4) is 0 Å². The maximum absolute atomic E-state index is 11.3. The Morgan fingerprint density at radius 3 is 3.00 bits per heavy atom. The van der Waals surface area contributed by atoms with Crippen LogP contribution in [0.3, 0.4) is 0 Å². The summed E-state index contributed by atoms with van der Waals surface area (Å²) in [5, 5.41) is 3.08. The third-order valence-corrected chi connectivity index (χ3v) is 2.15. The zero-order valence-corrected chi connectivity index (χ0v) is 8.88. The van der Waals surface area contributed by atoms with Gasteiger partial charge in [-0.05, 0) is 26.7 Å². The molecule has 0 aromatic heterocycles. The molecule has 1 aliphatic heterocycles. The van der Waals surface area contributed by atoms with Crippen molar-refractivity contribution in [2.24, 2.45) is 4.99 Å². The Balaban J connectivity index is 2.35. The van der Waals surface area contributed by atoms with Gasteiger partial charge in [0.25, 0.3) is 0 Å². The van der Waals surface area contributed by atoms with Crippen LogP contribution in [-0.4, -0.2) is 31.0 Å². The minimum atomic E-state index is -0.285. The SMILES string of the molecule is CCOC(=O)C(C)NC1=NCCCC1. The Bertz CT molecular complexity index is 226. The summed E-state index contributed by atoms with van der Waals surface area (Å²) in [6.45, 7) is 4.91. The maximum Gasteiger partial charge on any atom is 0.328 e. The van der Waals surface area contributed by atoms with Crippen LogP contribution in [0.15, 0.2) is 4.99 Å². The summed E-state index contributed by atoms with van der Waals surface area (Å²) in [6.07, 6.45) is 3.25. The number of amidine groups is 1. The first kappa shape index (κ1) is 11.0. The molecule has 1 N–H and O–H groups in total. The van der Waals surface area contributed by atoms with E-state index < -0.39 is 0 Å². The molecule has 1 heterocycles. The maximum atomic E-state index is 11.3. The van der Waals surface area contributed by atoms with Crippen molar-refractivity contribution >= 4 is 11.8 Å². The molecule has 0 aliphatic carbocycles. The van der Waals surface area contributed by atoms with Crippen LogP contribution in [0.5, 0.6) is 0 Å². The Labute approximate surface area is 84.7 Å². The third kappa shape index (κ3) is 3.36. The van der Waals surface area contributed by atoms with Gasteiger partial charge in [-0.3, -0.25) is 4.99 Å². The molecule has 0 fully saturated rings. The highest BCUT2D eigenvalue weighted by atomic mass is 16.5. The van der Waals surface area contributed by atoms with E-state index >= 15 is 0 Å². The number of rotatable bonds is 3. The summed E-state index contributed by atoms with van der Waals surface area (Å²) in [6, 6.07) is -0.285. The van der Waals surface area contributed by atoms with E-state index in [1.165, 1.54) is 0 Å². The summed E-state index contributed by atoms with van der Waals surface area (Å²) in [7, 11) is 0. The Hall–Kier alpha value is -1.06. The van der Waals surface area contributed by atoms with Gasteiger partial charge >= 0.3 is 5.97 Å². The van der Waals surface area contributed by atoms with Crippen LogP contribution in [0.2, 0.25) is 0 Å². The number of nitrogens with one attached hydrogen (secondary N) is 1. The number of carbonyl (C=O) groups is 1. The summed E-state index contributed by atoms with van der Waals surface area (Å²) in [5.41, 5.74) is 0. The smallest absolute Gasteiger partial charge is 0.328 e. The van der Waals surface area contributed by atoms with Gasteiger partial charge in [0.2, 0.25) is 0 Å². The Kier molecular flexibility index (Phi) is 4.43. The fourth-order valence-electron chi connectivity index (χ4n) is 1.39. The minimum Gasteiger partial charge on any atom is -0.464 e. The Morgan fingerprint density at radius 2 is 2.43 bits per heavy atom. The van der Waals surface area contributed by atoms with Crippen LogP contribution in [0.1, 0.15) is 33.1 Å². The number of hydrogen-bond donors (Lipinski definition) is 1. The van der Waals surface area contributed by atoms with E-state index in [0.717, 1.165) is 31.6 Å². The summed E-state index contributed by atoms with van der Waals surface area (Å²) in [5.74, 6) is 0.734. The molecule has 0 radical (unpaired) electrons. The molecule has 80 valence electrons. The summed E-state index contributed by atoms with van der Waals surface area (Å²) >= 11 is 0. The first-order valence-corrected chi connectivity index (χ1v) is 5.20. The quantitative estimate of drug-likeness (QED) is 0.691. The van der Waals surface area contributed by atoms with Crippen LogP contribution in [0.4, 0.5) is 0 Å². The van der Waals surface area contributed by atoms with Crippen LogP contribution in [0.25, 0.3) is 0 Å². The van der Waals surface area contributed by atoms with Crippen molar-refractivity contribution in [1.29, 1.82) is 0 Å². The number of nitrogens with zero attached hydrogens (tertiary/aromatic N) is 1. The van der Waals surface area contributed by atoms with Gasteiger partial charge < -0.3 is 10.1 Å². The standard InChI is InChI=1S/C10H18N2O2/c1-3-14-10(13)8(2)12-9-6-4-5-7-11-9/h8H,3-7H2,1-2H3,(H,11,12). The highest BCUT2D eigenvalue weighted by molar-refractivity contribution is 5.87. The lowest BCUT2D eigenvalue weighted by atomic mass is 10.1. The topological polar surface area (TPSA) is 50.7 Å². The van der Waals surface area contributed by atoms with Crippen LogP contribution < -0.4 is 5.32 Å². The average molecular weight is 198 g/mol. The zero-order valence-electron chi connectivity index (χ0n) is 8.88. The average Bonchev–Trinajstić information content (AvgIpc) is 2.19.